The third-order valence-corrected chi connectivity index (χ3v) is 8.17. The van der Waals surface area contributed by atoms with Gasteiger partial charge in [0.2, 0.25) is 0 Å². The Kier molecular flexibility index (Phi) is 5.24. The molecule has 0 aliphatic heterocycles. The zero-order valence-electron chi connectivity index (χ0n) is 18.3. The number of benzene rings is 3. The summed E-state index contributed by atoms with van der Waals surface area (Å²) in [5, 5.41) is 2.67. The molecule has 0 N–H and O–H groups in total. The van der Waals surface area contributed by atoms with Gasteiger partial charge in [-0.3, -0.25) is 4.98 Å². The molecule has 0 amide bonds. The van der Waals surface area contributed by atoms with E-state index in [1.807, 2.05) is 17.5 Å². The van der Waals surface area contributed by atoms with Gasteiger partial charge in [-0.2, -0.15) is 0 Å². The lowest BCUT2D eigenvalue weighted by Gasteiger charge is -2.21. The highest BCUT2D eigenvalue weighted by molar-refractivity contribution is 7.26. The first-order valence-corrected chi connectivity index (χ1v) is 12.6. The number of hydrogen-bond acceptors (Lipinski definition) is 2. The van der Waals surface area contributed by atoms with Crippen molar-refractivity contribution in [2.75, 3.05) is 0 Å². The molecular formula is C30H27NS. The van der Waals surface area contributed by atoms with Crippen molar-refractivity contribution in [3.8, 4) is 22.4 Å². The van der Waals surface area contributed by atoms with E-state index < -0.39 is 0 Å². The first-order chi connectivity index (χ1) is 15.8. The second kappa shape index (κ2) is 8.52. The molecule has 1 aliphatic carbocycles. The van der Waals surface area contributed by atoms with E-state index >= 15 is 0 Å². The molecule has 1 fully saturated rings. The number of pyridine rings is 1. The second-order valence-electron chi connectivity index (χ2n) is 9.12. The Labute approximate surface area is 193 Å². The van der Waals surface area contributed by atoms with Gasteiger partial charge in [-0.25, -0.2) is 0 Å². The van der Waals surface area contributed by atoms with Crippen molar-refractivity contribution >= 4 is 31.5 Å². The molecule has 1 aliphatic rings. The second-order valence-corrected chi connectivity index (χ2v) is 10.2. The average molecular weight is 434 g/mol. The van der Waals surface area contributed by atoms with E-state index in [4.69, 9.17) is 4.98 Å². The van der Waals surface area contributed by atoms with Crippen molar-refractivity contribution in [1.29, 1.82) is 0 Å². The van der Waals surface area contributed by atoms with Crippen LogP contribution < -0.4 is 0 Å². The Hall–Kier alpha value is -2.97. The van der Waals surface area contributed by atoms with Gasteiger partial charge in [-0.05, 0) is 53.3 Å². The van der Waals surface area contributed by atoms with Crippen molar-refractivity contribution in [3.05, 3.63) is 90.6 Å². The lowest BCUT2D eigenvalue weighted by atomic mass is 9.85. The average Bonchev–Trinajstić information content (AvgIpc) is 3.23. The summed E-state index contributed by atoms with van der Waals surface area (Å²) < 4.78 is 2.68. The highest BCUT2D eigenvalue weighted by Crippen LogP contribution is 2.41. The zero-order valence-corrected chi connectivity index (χ0v) is 19.1. The lowest BCUT2D eigenvalue weighted by molar-refractivity contribution is 0.356. The van der Waals surface area contributed by atoms with Gasteiger partial charge in [-0.15, -0.1) is 11.3 Å². The molecule has 1 nitrogen and oxygen atoms in total. The van der Waals surface area contributed by atoms with Crippen LogP contribution in [-0.2, 0) is 6.42 Å². The van der Waals surface area contributed by atoms with E-state index in [0.29, 0.717) is 0 Å². The van der Waals surface area contributed by atoms with Crippen LogP contribution in [0.1, 0.15) is 37.7 Å². The molecule has 5 aromatic rings. The monoisotopic (exact) mass is 433 g/mol. The van der Waals surface area contributed by atoms with E-state index in [1.165, 1.54) is 81.0 Å². The fraction of sp³-hybridized carbons (Fsp3) is 0.233. The van der Waals surface area contributed by atoms with Crippen LogP contribution in [0.3, 0.4) is 0 Å². The van der Waals surface area contributed by atoms with Crippen molar-refractivity contribution in [3.63, 3.8) is 0 Å². The Morgan fingerprint density at radius 1 is 0.750 bits per heavy atom. The molecule has 2 heteroatoms. The maximum absolute atomic E-state index is 4.79. The predicted octanol–water partition coefficient (Wildman–Crippen LogP) is 8.91. The van der Waals surface area contributed by atoms with Gasteiger partial charge < -0.3 is 0 Å². The Balaban J connectivity index is 1.41. The molecule has 0 saturated heterocycles. The van der Waals surface area contributed by atoms with E-state index in [2.05, 4.69) is 78.9 Å². The highest BCUT2D eigenvalue weighted by atomic mass is 32.1. The first-order valence-electron chi connectivity index (χ1n) is 11.8. The molecule has 1 saturated carbocycles. The van der Waals surface area contributed by atoms with Gasteiger partial charge in [0.25, 0.3) is 0 Å². The van der Waals surface area contributed by atoms with Crippen LogP contribution >= 0.6 is 11.3 Å². The van der Waals surface area contributed by atoms with Crippen molar-refractivity contribution in [1.82, 2.24) is 4.98 Å². The predicted molar refractivity (Wildman–Crippen MR) is 138 cm³/mol. The number of aromatic nitrogens is 1. The standard InChI is InChI=1S/C30H27NS/c1-3-8-21(9-4-1)18-22-16-17-31-28(19-22)26-13-7-12-25-27-20-24(23-10-5-2-6-11-23)14-15-29(27)32-30(25)26/h2,5-7,10-17,19-21H,1,3-4,8-9,18H2. The smallest absolute Gasteiger partial charge is 0.0719 e. The number of rotatable bonds is 4. The Morgan fingerprint density at radius 3 is 2.50 bits per heavy atom. The van der Waals surface area contributed by atoms with E-state index in [1.54, 1.807) is 0 Å². The highest BCUT2D eigenvalue weighted by Gasteiger charge is 2.16. The fourth-order valence-corrected chi connectivity index (χ4v) is 6.49. The van der Waals surface area contributed by atoms with Gasteiger partial charge in [-0.1, -0.05) is 86.7 Å². The summed E-state index contributed by atoms with van der Waals surface area (Å²) in [7, 11) is 0. The van der Waals surface area contributed by atoms with Crippen LogP contribution in [-0.4, -0.2) is 4.98 Å². The van der Waals surface area contributed by atoms with Crippen molar-refractivity contribution in [2.45, 2.75) is 38.5 Å². The molecule has 0 atom stereocenters. The molecular weight excluding hydrogens is 406 g/mol. The number of thiophene rings is 1. The molecule has 6 rings (SSSR count). The van der Waals surface area contributed by atoms with Gasteiger partial charge in [0.05, 0.1) is 5.69 Å². The third kappa shape index (κ3) is 3.73. The minimum Gasteiger partial charge on any atom is -0.256 e. The molecule has 0 unspecified atom stereocenters. The van der Waals surface area contributed by atoms with Crippen LogP contribution in [0, 0.1) is 5.92 Å². The van der Waals surface area contributed by atoms with Gasteiger partial charge in [0, 0.05) is 31.9 Å². The molecule has 0 radical (unpaired) electrons. The summed E-state index contributed by atoms with van der Waals surface area (Å²) in [6, 6.07) is 28.8. The van der Waals surface area contributed by atoms with E-state index in [-0.39, 0.29) is 0 Å². The fourth-order valence-electron chi connectivity index (χ4n) is 5.28. The summed E-state index contributed by atoms with van der Waals surface area (Å²) >= 11 is 1.89. The van der Waals surface area contributed by atoms with Crippen molar-refractivity contribution < 1.29 is 0 Å². The summed E-state index contributed by atoms with van der Waals surface area (Å²) in [6.45, 7) is 0. The van der Waals surface area contributed by atoms with Crippen LogP contribution in [0.2, 0.25) is 0 Å². The number of fused-ring (bicyclic) bond motifs is 3. The van der Waals surface area contributed by atoms with Gasteiger partial charge >= 0.3 is 0 Å². The maximum Gasteiger partial charge on any atom is 0.0719 e. The number of nitrogens with zero attached hydrogens (tertiary/aromatic N) is 1. The van der Waals surface area contributed by atoms with Gasteiger partial charge in [0.15, 0.2) is 0 Å². The summed E-state index contributed by atoms with van der Waals surface area (Å²) in [5.41, 5.74) is 6.35. The van der Waals surface area contributed by atoms with E-state index in [9.17, 15) is 0 Å². The molecule has 0 bridgehead atoms. The normalized spacial score (nSPS) is 14.9. The van der Waals surface area contributed by atoms with Crippen LogP contribution in [0.15, 0.2) is 85.1 Å². The molecule has 2 heterocycles. The molecule has 3 aromatic carbocycles. The summed E-state index contributed by atoms with van der Waals surface area (Å²) in [5.74, 6) is 0.843. The number of hydrogen-bond donors (Lipinski definition) is 0. The minimum atomic E-state index is 0.843. The third-order valence-electron chi connectivity index (χ3n) is 6.95. The van der Waals surface area contributed by atoms with Crippen LogP contribution in [0.5, 0.6) is 0 Å². The quantitative estimate of drug-likeness (QED) is 0.276. The molecule has 0 spiro atoms. The largest absolute Gasteiger partial charge is 0.256 e. The topological polar surface area (TPSA) is 12.9 Å². The SMILES string of the molecule is c1ccc(-c2ccc3sc4c(-c5cc(CC6CCCCC6)ccn5)cccc4c3c2)cc1. The molecule has 158 valence electrons. The van der Waals surface area contributed by atoms with E-state index in [0.717, 1.165) is 11.6 Å². The van der Waals surface area contributed by atoms with Crippen LogP contribution in [0.25, 0.3) is 42.6 Å². The Morgan fingerprint density at radius 2 is 1.62 bits per heavy atom. The van der Waals surface area contributed by atoms with Crippen molar-refractivity contribution in [2.24, 2.45) is 5.92 Å². The van der Waals surface area contributed by atoms with Gasteiger partial charge in [0.1, 0.15) is 0 Å². The Bertz CT molecular complexity index is 1380. The summed E-state index contributed by atoms with van der Waals surface area (Å²) in [4.78, 5) is 4.79. The van der Waals surface area contributed by atoms with Crippen LogP contribution in [0.4, 0.5) is 0 Å². The summed E-state index contributed by atoms with van der Waals surface area (Å²) in [6.07, 6.45) is 10.2. The maximum atomic E-state index is 4.79. The zero-order chi connectivity index (χ0) is 21.3. The molecule has 2 aromatic heterocycles. The minimum absolute atomic E-state index is 0.843. The molecule has 32 heavy (non-hydrogen) atoms. The first kappa shape index (κ1) is 19.7. The lowest BCUT2D eigenvalue weighted by Crippen LogP contribution is -2.09.